The predicted octanol–water partition coefficient (Wildman–Crippen LogP) is 1.97. The lowest BCUT2D eigenvalue weighted by Gasteiger charge is -2.03. The molecule has 29 heavy (non-hydrogen) atoms. The van der Waals surface area contributed by atoms with E-state index in [9.17, 15) is 9.59 Å². The highest BCUT2D eigenvalue weighted by Crippen LogP contribution is 2.11. The summed E-state index contributed by atoms with van der Waals surface area (Å²) in [5.74, 6) is 0.636. The average molecular weight is 408 g/mol. The number of pyridine rings is 1. The fraction of sp³-hybridized carbons (Fsp3) is 0.200. The Hall–Kier alpha value is -3.30. The lowest BCUT2D eigenvalue weighted by atomic mass is 10.3. The summed E-state index contributed by atoms with van der Waals surface area (Å²) in [6, 6.07) is 12.8. The van der Waals surface area contributed by atoms with E-state index in [2.05, 4.69) is 30.6 Å². The molecular formula is C20H20N6O2S. The zero-order chi connectivity index (χ0) is 20.1. The van der Waals surface area contributed by atoms with Gasteiger partial charge < -0.3 is 20.6 Å². The van der Waals surface area contributed by atoms with Gasteiger partial charge in [0.25, 0.3) is 5.91 Å². The third-order valence-electron chi connectivity index (χ3n) is 4.30. The van der Waals surface area contributed by atoms with Crippen LogP contribution < -0.4 is 16.2 Å². The van der Waals surface area contributed by atoms with Gasteiger partial charge in [0, 0.05) is 30.1 Å². The number of carbonyl (C=O) groups excluding carboxylic acids is 1. The summed E-state index contributed by atoms with van der Waals surface area (Å²) in [5.41, 5.74) is 2.83. The van der Waals surface area contributed by atoms with Crippen molar-refractivity contribution in [3.8, 4) is 0 Å². The zero-order valence-electron chi connectivity index (χ0n) is 15.6. The van der Waals surface area contributed by atoms with E-state index in [1.165, 1.54) is 17.4 Å². The maximum absolute atomic E-state index is 12.2. The van der Waals surface area contributed by atoms with Crippen molar-refractivity contribution in [2.75, 3.05) is 6.54 Å². The number of fused-ring (bicyclic) bond motifs is 1. The summed E-state index contributed by atoms with van der Waals surface area (Å²) in [5, 5.41) is 8.74. The molecule has 0 aliphatic carbocycles. The Morgan fingerprint density at radius 2 is 1.93 bits per heavy atom. The van der Waals surface area contributed by atoms with Crippen LogP contribution in [-0.4, -0.2) is 32.4 Å². The van der Waals surface area contributed by atoms with Gasteiger partial charge >= 0.3 is 0 Å². The van der Waals surface area contributed by atoms with E-state index in [4.69, 9.17) is 0 Å². The molecule has 1 aromatic carbocycles. The highest BCUT2D eigenvalue weighted by molar-refractivity contribution is 7.09. The maximum atomic E-state index is 12.2. The summed E-state index contributed by atoms with van der Waals surface area (Å²) in [7, 11) is 0. The third-order valence-corrected chi connectivity index (χ3v) is 5.21. The number of H-pyrrole nitrogens is 2. The first-order valence-electron chi connectivity index (χ1n) is 9.22. The predicted molar refractivity (Wildman–Crippen MR) is 112 cm³/mol. The molecular weight excluding hydrogens is 388 g/mol. The highest BCUT2D eigenvalue weighted by Gasteiger charge is 2.10. The number of hydrogen-bond donors (Lipinski definition) is 4. The number of amides is 1. The van der Waals surface area contributed by atoms with Gasteiger partial charge in [-0.3, -0.25) is 9.59 Å². The summed E-state index contributed by atoms with van der Waals surface area (Å²) >= 11 is 1.46. The van der Waals surface area contributed by atoms with E-state index >= 15 is 0 Å². The van der Waals surface area contributed by atoms with Crippen LogP contribution in [0.4, 0.5) is 0 Å². The van der Waals surface area contributed by atoms with E-state index in [0.717, 1.165) is 34.8 Å². The third kappa shape index (κ3) is 4.95. The first-order chi connectivity index (χ1) is 14.2. The van der Waals surface area contributed by atoms with Gasteiger partial charge in [-0.1, -0.05) is 18.2 Å². The minimum absolute atomic E-state index is 0.192. The number of nitrogens with zero attached hydrogens (tertiary/aromatic N) is 2. The van der Waals surface area contributed by atoms with E-state index in [-0.39, 0.29) is 18.0 Å². The van der Waals surface area contributed by atoms with Gasteiger partial charge in [-0.25, -0.2) is 9.97 Å². The van der Waals surface area contributed by atoms with Crippen LogP contribution >= 0.6 is 11.3 Å². The largest absolute Gasteiger partial charge is 0.345 e. The Balaban J connectivity index is 1.23. The van der Waals surface area contributed by atoms with E-state index < -0.39 is 0 Å². The SMILES string of the molecule is O=C(NCc1cccc(=O)[nH]1)c1csc(CCNCc2nc3ccccc3[nH]2)n1. The van der Waals surface area contributed by atoms with Crippen molar-refractivity contribution in [2.45, 2.75) is 19.5 Å². The van der Waals surface area contributed by atoms with Crippen LogP contribution in [-0.2, 0) is 19.5 Å². The second-order valence-corrected chi connectivity index (χ2v) is 7.42. The number of aromatic amines is 2. The Bertz CT molecular complexity index is 1150. The number of rotatable bonds is 8. The van der Waals surface area contributed by atoms with E-state index in [1.54, 1.807) is 17.5 Å². The fourth-order valence-corrected chi connectivity index (χ4v) is 3.66. The van der Waals surface area contributed by atoms with Crippen molar-refractivity contribution < 1.29 is 4.79 Å². The van der Waals surface area contributed by atoms with Crippen LogP contribution in [0.15, 0.2) is 52.6 Å². The molecule has 3 heterocycles. The number of hydrogen-bond acceptors (Lipinski definition) is 6. The molecule has 0 spiro atoms. The molecule has 0 bridgehead atoms. The molecule has 0 atom stereocenters. The van der Waals surface area contributed by atoms with Crippen molar-refractivity contribution in [1.29, 1.82) is 0 Å². The summed E-state index contributed by atoms with van der Waals surface area (Å²) in [4.78, 5) is 38.4. The molecule has 0 saturated heterocycles. The number of para-hydroxylation sites is 2. The molecule has 4 rings (SSSR count). The highest BCUT2D eigenvalue weighted by atomic mass is 32.1. The number of aromatic nitrogens is 4. The normalized spacial score (nSPS) is 11.0. The number of thiazole rings is 1. The van der Waals surface area contributed by atoms with Crippen molar-refractivity contribution in [1.82, 2.24) is 30.6 Å². The number of imidazole rings is 1. The van der Waals surface area contributed by atoms with Crippen LogP contribution in [0.25, 0.3) is 11.0 Å². The number of carbonyl (C=O) groups is 1. The van der Waals surface area contributed by atoms with Gasteiger partial charge in [0.2, 0.25) is 5.56 Å². The molecule has 1 amide bonds. The molecule has 148 valence electrons. The summed E-state index contributed by atoms with van der Waals surface area (Å²) < 4.78 is 0. The first-order valence-corrected chi connectivity index (χ1v) is 10.1. The van der Waals surface area contributed by atoms with Crippen LogP contribution in [0.2, 0.25) is 0 Å². The van der Waals surface area contributed by atoms with Crippen LogP contribution in [0.5, 0.6) is 0 Å². The lowest BCUT2D eigenvalue weighted by molar-refractivity contribution is 0.0946. The Kier molecular flexibility index (Phi) is 5.78. The lowest BCUT2D eigenvalue weighted by Crippen LogP contribution is -2.24. The molecule has 0 aliphatic rings. The van der Waals surface area contributed by atoms with Crippen LogP contribution in [0.1, 0.15) is 27.0 Å². The number of benzene rings is 1. The zero-order valence-corrected chi connectivity index (χ0v) is 16.4. The molecule has 8 nitrogen and oxygen atoms in total. The maximum Gasteiger partial charge on any atom is 0.271 e. The van der Waals surface area contributed by atoms with Gasteiger partial charge in [0.1, 0.15) is 11.5 Å². The van der Waals surface area contributed by atoms with Gasteiger partial charge in [0.05, 0.1) is 29.1 Å². The minimum atomic E-state index is -0.257. The monoisotopic (exact) mass is 408 g/mol. The molecule has 0 saturated carbocycles. The van der Waals surface area contributed by atoms with Gasteiger partial charge in [0.15, 0.2) is 0 Å². The van der Waals surface area contributed by atoms with Crippen molar-refractivity contribution in [2.24, 2.45) is 0 Å². The second-order valence-electron chi connectivity index (χ2n) is 6.48. The quantitative estimate of drug-likeness (QED) is 0.333. The van der Waals surface area contributed by atoms with Gasteiger partial charge in [-0.2, -0.15) is 0 Å². The smallest absolute Gasteiger partial charge is 0.271 e. The number of nitrogens with one attached hydrogen (secondary N) is 4. The van der Waals surface area contributed by atoms with Crippen molar-refractivity contribution in [3.05, 3.63) is 80.4 Å². The Labute approximate surface area is 170 Å². The topological polar surface area (TPSA) is 116 Å². The average Bonchev–Trinajstić information content (AvgIpc) is 3.36. The van der Waals surface area contributed by atoms with Crippen molar-refractivity contribution >= 4 is 28.3 Å². The Morgan fingerprint density at radius 3 is 2.79 bits per heavy atom. The summed E-state index contributed by atoms with van der Waals surface area (Å²) in [6.45, 7) is 1.63. The standard InChI is InChI=1S/C20H20N6O2S/c27-18-7-3-4-13(23-18)10-22-20(28)16-12-29-19(26-16)8-9-21-11-17-24-14-5-1-2-6-15(14)25-17/h1-7,12,21H,8-11H2,(H,22,28)(H,23,27)(H,24,25). The van der Waals surface area contributed by atoms with Crippen LogP contribution in [0.3, 0.4) is 0 Å². The molecule has 9 heteroatoms. The first kappa shape index (κ1) is 19.0. The Morgan fingerprint density at radius 1 is 1.03 bits per heavy atom. The minimum Gasteiger partial charge on any atom is -0.345 e. The second kappa shape index (κ2) is 8.80. The van der Waals surface area contributed by atoms with E-state index in [1.807, 2.05) is 24.3 Å². The molecule has 4 aromatic rings. The molecule has 0 radical (unpaired) electrons. The molecule has 0 fully saturated rings. The summed E-state index contributed by atoms with van der Waals surface area (Å²) in [6.07, 6.45) is 0.726. The van der Waals surface area contributed by atoms with Gasteiger partial charge in [-0.15, -0.1) is 11.3 Å². The fourth-order valence-electron chi connectivity index (χ4n) is 2.88. The molecule has 0 unspecified atom stereocenters. The molecule has 3 aromatic heterocycles. The van der Waals surface area contributed by atoms with Crippen molar-refractivity contribution in [3.63, 3.8) is 0 Å². The molecule has 0 aliphatic heterocycles. The van der Waals surface area contributed by atoms with Crippen LogP contribution in [0, 0.1) is 0 Å². The van der Waals surface area contributed by atoms with E-state index in [0.29, 0.717) is 17.9 Å². The van der Waals surface area contributed by atoms with Gasteiger partial charge in [-0.05, 0) is 18.2 Å². The molecule has 4 N–H and O–H groups in total.